The van der Waals surface area contributed by atoms with Crippen molar-refractivity contribution in [1.29, 1.82) is 0 Å². The lowest BCUT2D eigenvalue weighted by Crippen LogP contribution is -2.11. The van der Waals surface area contributed by atoms with Gasteiger partial charge >= 0.3 is 5.97 Å². The molecule has 2 heterocycles. The summed E-state index contributed by atoms with van der Waals surface area (Å²) >= 11 is 0. The molecule has 2 aromatic heterocycles. The van der Waals surface area contributed by atoms with E-state index in [4.69, 9.17) is 5.11 Å². The quantitative estimate of drug-likeness (QED) is 0.809. The Morgan fingerprint density at radius 2 is 2.11 bits per heavy atom. The molecule has 0 radical (unpaired) electrons. The zero-order valence-corrected chi connectivity index (χ0v) is 9.25. The molecule has 7 nitrogen and oxygen atoms in total. The molecular weight excluding hydrogens is 241 g/mol. The smallest absolute Gasteiger partial charge is 0.356 e. The first kappa shape index (κ1) is 12.0. The minimum absolute atomic E-state index is 0.00645. The van der Waals surface area contributed by atoms with E-state index in [-0.39, 0.29) is 5.69 Å². The van der Waals surface area contributed by atoms with Gasteiger partial charge in [0.2, 0.25) is 5.95 Å². The molecule has 0 aliphatic rings. The van der Waals surface area contributed by atoms with Gasteiger partial charge in [0, 0.05) is 19.3 Å². The average Bonchev–Trinajstić information content (AvgIpc) is 2.81. The molecule has 0 unspecified atom stereocenters. The van der Waals surface area contributed by atoms with Gasteiger partial charge in [-0.25, -0.2) is 24.1 Å². The van der Waals surface area contributed by atoms with Crippen LogP contribution in [0.2, 0.25) is 0 Å². The molecule has 94 valence electrons. The van der Waals surface area contributed by atoms with Gasteiger partial charge in [0.15, 0.2) is 11.5 Å². The number of anilines is 1. The monoisotopic (exact) mass is 251 g/mol. The summed E-state index contributed by atoms with van der Waals surface area (Å²) in [4.78, 5) is 21.8. The van der Waals surface area contributed by atoms with E-state index in [1.54, 1.807) is 4.57 Å². The second-order valence-corrected chi connectivity index (χ2v) is 3.45. The molecule has 0 aromatic carbocycles. The highest BCUT2D eigenvalue weighted by Gasteiger charge is 2.05. The molecule has 0 atom stereocenters. The first-order valence-electron chi connectivity index (χ1n) is 5.11. The molecule has 18 heavy (non-hydrogen) atoms. The molecule has 2 rings (SSSR count). The number of rotatable bonds is 5. The van der Waals surface area contributed by atoms with Crippen LogP contribution >= 0.6 is 0 Å². The normalized spacial score (nSPS) is 10.3. The summed E-state index contributed by atoms with van der Waals surface area (Å²) in [6, 6.07) is 0. The van der Waals surface area contributed by atoms with Crippen LogP contribution in [0.25, 0.3) is 0 Å². The van der Waals surface area contributed by atoms with Crippen LogP contribution in [0.1, 0.15) is 10.5 Å². The standard InChI is InChI=1S/C10H10FN5O2/c11-7-3-13-10(14-4-7)12-1-2-16-5-8(9(17)18)15-6-16/h3-6H,1-2H2,(H,17,18)(H,12,13,14). The third-order valence-corrected chi connectivity index (χ3v) is 2.13. The van der Waals surface area contributed by atoms with Gasteiger partial charge in [-0.3, -0.25) is 0 Å². The van der Waals surface area contributed by atoms with Crippen LogP contribution in [0.5, 0.6) is 0 Å². The fourth-order valence-electron chi connectivity index (χ4n) is 1.29. The summed E-state index contributed by atoms with van der Waals surface area (Å²) in [5.74, 6) is -1.25. The van der Waals surface area contributed by atoms with E-state index in [1.165, 1.54) is 12.5 Å². The number of carboxylic acids is 1. The number of carboxylic acid groups (broad SMARTS) is 1. The van der Waals surface area contributed by atoms with Crippen LogP contribution in [-0.4, -0.2) is 37.1 Å². The van der Waals surface area contributed by atoms with Crippen LogP contribution < -0.4 is 5.32 Å². The van der Waals surface area contributed by atoms with Gasteiger partial charge in [0.25, 0.3) is 0 Å². The van der Waals surface area contributed by atoms with E-state index >= 15 is 0 Å². The Bertz CT molecular complexity index is 539. The maximum Gasteiger partial charge on any atom is 0.356 e. The summed E-state index contributed by atoms with van der Waals surface area (Å²) in [5, 5.41) is 11.6. The highest BCUT2D eigenvalue weighted by atomic mass is 19.1. The van der Waals surface area contributed by atoms with Gasteiger partial charge in [-0.15, -0.1) is 0 Å². The van der Waals surface area contributed by atoms with E-state index in [2.05, 4.69) is 20.3 Å². The van der Waals surface area contributed by atoms with Gasteiger partial charge in [0.05, 0.1) is 18.7 Å². The third-order valence-electron chi connectivity index (χ3n) is 2.13. The van der Waals surface area contributed by atoms with Gasteiger partial charge in [-0.1, -0.05) is 0 Å². The topological polar surface area (TPSA) is 92.9 Å². The van der Waals surface area contributed by atoms with Crippen LogP contribution in [0.4, 0.5) is 10.3 Å². The molecule has 0 fully saturated rings. The maximum atomic E-state index is 12.5. The Balaban J connectivity index is 1.84. The van der Waals surface area contributed by atoms with Gasteiger partial charge in [0.1, 0.15) is 0 Å². The van der Waals surface area contributed by atoms with Crippen LogP contribution in [0.15, 0.2) is 24.9 Å². The lowest BCUT2D eigenvalue weighted by molar-refractivity contribution is 0.0691. The van der Waals surface area contributed by atoms with Gasteiger partial charge in [-0.2, -0.15) is 0 Å². The molecule has 2 aromatic rings. The predicted molar refractivity (Wildman–Crippen MR) is 59.7 cm³/mol. The minimum Gasteiger partial charge on any atom is -0.476 e. The number of carbonyl (C=O) groups is 1. The highest BCUT2D eigenvalue weighted by Crippen LogP contribution is 1.99. The maximum absolute atomic E-state index is 12.5. The molecule has 0 saturated carbocycles. The van der Waals surface area contributed by atoms with E-state index in [9.17, 15) is 9.18 Å². The number of hydrogen-bond donors (Lipinski definition) is 2. The first-order valence-corrected chi connectivity index (χ1v) is 5.11. The molecule has 0 aliphatic carbocycles. The SMILES string of the molecule is O=C(O)c1cn(CCNc2ncc(F)cn2)cn1. The summed E-state index contributed by atoms with van der Waals surface area (Å²) < 4.78 is 14.2. The number of aromatic carboxylic acids is 1. The number of nitrogens with one attached hydrogen (secondary N) is 1. The van der Waals surface area contributed by atoms with Crippen molar-refractivity contribution in [1.82, 2.24) is 19.5 Å². The second kappa shape index (κ2) is 5.21. The van der Waals surface area contributed by atoms with E-state index in [0.717, 1.165) is 12.4 Å². The molecule has 0 bridgehead atoms. The molecule has 2 N–H and O–H groups in total. The van der Waals surface area contributed by atoms with Crippen molar-refractivity contribution in [3.05, 3.63) is 36.4 Å². The van der Waals surface area contributed by atoms with E-state index in [1.807, 2.05) is 0 Å². The highest BCUT2D eigenvalue weighted by molar-refractivity contribution is 5.84. The van der Waals surface area contributed by atoms with Crippen molar-refractivity contribution in [2.45, 2.75) is 6.54 Å². The minimum atomic E-state index is -1.07. The second-order valence-electron chi connectivity index (χ2n) is 3.45. The summed E-state index contributed by atoms with van der Waals surface area (Å²) in [6.07, 6.45) is 4.98. The van der Waals surface area contributed by atoms with E-state index < -0.39 is 11.8 Å². The Kier molecular flexibility index (Phi) is 3.46. The molecule has 0 saturated heterocycles. The largest absolute Gasteiger partial charge is 0.476 e. The lowest BCUT2D eigenvalue weighted by Gasteiger charge is -2.04. The molecule has 0 aliphatic heterocycles. The van der Waals surface area contributed by atoms with Crippen molar-refractivity contribution in [3.8, 4) is 0 Å². The number of aromatic nitrogens is 4. The Hall–Kier alpha value is -2.51. The summed E-state index contributed by atoms with van der Waals surface area (Å²) in [5.41, 5.74) is -0.00645. The number of imidazole rings is 1. The Morgan fingerprint density at radius 1 is 1.39 bits per heavy atom. The zero-order chi connectivity index (χ0) is 13.0. The fraction of sp³-hybridized carbons (Fsp3) is 0.200. The summed E-state index contributed by atoms with van der Waals surface area (Å²) in [7, 11) is 0. The third kappa shape index (κ3) is 3.00. The molecule has 8 heteroatoms. The predicted octanol–water partition coefficient (Wildman–Crippen LogP) is 0.623. The Morgan fingerprint density at radius 3 is 2.72 bits per heavy atom. The van der Waals surface area contributed by atoms with Crippen molar-refractivity contribution in [2.24, 2.45) is 0 Å². The fourth-order valence-corrected chi connectivity index (χ4v) is 1.29. The Labute approximate surface area is 101 Å². The van der Waals surface area contributed by atoms with E-state index in [0.29, 0.717) is 19.0 Å². The van der Waals surface area contributed by atoms with Crippen LogP contribution in [0.3, 0.4) is 0 Å². The lowest BCUT2D eigenvalue weighted by atomic mass is 10.5. The van der Waals surface area contributed by atoms with Crippen molar-refractivity contribution >= 4 is 11.9 Å². The molecule has 0 amide bonds. The number of hydrogen-bond acceptors (Lipinski definition) is 5. The van der Waals surface area contributed by atoms with Crippen LogP contribution in [0, 0.1) is 5.82 Å². The van der Waals surface area contributed by atoms with Gasteiger partial charge < -0.3 is 15.0 Å². The van der Waals surface area contributed by atoms with Gasteiger partial charge in [-0.05, 0) is 0 Å². The number of nitrogens with zero attached hydrogens (tertiary/aromatic N) is 4. The summed E-state index contributed by atoms with van der Waals surface area (Å²) in [6.45, 7) is 0.974. The van der Waals surface area contributed by atoms with Crippen LogP contribution in [-0.2, 0) is 6.54 Å². The zero-order valence-electron chi connectivity index (χ0n) is 9.25. The van der Waals surface area contributed by atoms with Crippen molar-refractivity contribution < 1.29 is 14.3 Å². The first-order chi connectivity index (χ1) is 8.65. The van der Waals surface area contributed by atoms with Crippen molar-refractivity contribution in [2.75, 3.05) is 11.9 Å². The number of halogens is 1. The molecule has 0 spiro atoms. The molecular formula is C10H10FN5O2. The average molecular weight is 251 g/mol. The van der Waals surface area contributed by atoms with Crippen molar-refractivity contribution in [3.63, 3.8) is 0 Å².